The fraction of sp³-hybridized carbons (Fsp3) is 0.227. The van der Waals surface area contributed by atoms with Crippen molar-refractivity contribution in [2.24, 2.45) is 0 Å². The highest BCUT2D eigenvalue weighted by Gasteiger charge is 2.06. The first kappa shape index (κ1) is 18.6. The van der Waals surface area contributed by atoms with E-state index in [0.29, 0.717) is 30.2 Å². The van der Waals surface area contributed by atoms with E-state index in [1.807, 2.05) is 60.7 Å². The molecule has 0 aliphatic rings. The lowest BCUT2D eigenvalue weighted by molar-refractivity contribution is -0.123. The molecular weight excluding hydrogens is 342 g/mol. The van der Waals surface area contributed by atoms with E-state index >= 15 is 0 Å². The molecule has 0 atom stereocenters. The van der Waals surface area contributed by atoms with Gasteiger partial charge in [0.05, 0.1) is 14.2 Å². The topological polar surface area (TPSA) is 56.8 Å². The molecule has 0 aliphatic heterocycles. The van der Waals surface area contributed by atoms with E-state index in [1.165, 1.54) is 0 Å². The highest BCUT2D eigenvalue weighted by molar-refractivity contribution is 5.84. The van der Waals surface area contributed by atoms with Crippen molar-refractivity contribution in [3.05, 3.63) is 66.2 Å². The number of amides is 1. The van der Waals surface area contributed by atoms with Crippen LogP contribution < -0.4 is 19.5 Å². The second-order valence-corrected chi connectivity index (χ2v) is 6.09. The van der Waals surface area contributed by atoms with Crippen LogP contribution in [0.4, 0.5) is 0 Å². The molecule has 3 rings (SSSR count). The Morgan fingerprint density at radius 2 is 1.67 bits per heavy atom. The number of methoxy groups -OCH3 is 2. The van der Waals surface area contributed by atoms with Crippen LogP contribution in [-0.2, 0) is 11.2 Å². The number of benzene rings is 3. The third kappa shape index (κ3) is 4.91. The molecule has 0 heterocycles. The molecule has 0 radical (unpaired) electrons. The van der Waals surface area contributed by atoms with E-state index in [-0.39, 0.29) is 12.5 Å². The standard InChI is InChI=1S/C22H23NO4/c1-25-20-10-7-16(13-21(20)26-2)11-12-23-22(24)15-27-19-9-8-17-5-3-4-6-18(17)14-19/h3-10,13-14H,11-12,15H2,1-2H3,(H,23,24). The van der Waals surface area contributed by atoms with Crippen molar-refractivity contribution in [3.8, 4) is 17.2 Å². The summed E-state index contributed by atoms with van der Waals surface area (Å²) in [6, 6.07) is 19.6. The molecule has 3 aromatic rings. The summed E-state index contributed by atoms with van der Waals surface area (Å²) in [6.07, 6.45) is 0.696. The van der Waals surface area contributed by atoms with Gasteiger partial charge in [-0.25, -0.2) is 0 Å². The summed E-state index contributed by atoms with van der Waals surface area (Å²) in [7, 11) is 3.21. The number of fused-ring (bicyclic) bond motifs is 1. The Labute approximate surface area is 158 Å². The Kier molecular flexibility index (Phi) is 6.15. The van der Waals surface area contributed by atoms with Gasteiger partial charge in [-0.15, -0.1) is 0 Å². The lowest BCUT2D eigenvalue weighted by Crippen LogP contribution is -2.30. The van der Waals surface area contributed by atoms with Crippen molar-refractivity contribution >= 4 is 16.7 Å². The Hall–Kier alpha value is -3.21. The fourth-order valence-electron chi connectivity index (χ4n) is 2.84. The molecule has 3 aromatic carbocycles. The van der Waals surface area contributed by atoms with Gasteiger partial charge in [0.2, 0.25) is 0 Å². The van der Waals surface area contributed by atoms with Gasteiger partial charge in [0.15, 0.2) is 18.1 Å². The predicted octanol–water partition coefficient (Wildman–Crippen LogP) is 3.59. The van der Waals surface area contributed by atoms with E-state index < -0.39 is 0 Å². The molecule has 140 valence electrons. The Morgan fingerprint density at radius 1 is 0.889 bits per heavy atom. The number of hydrogen-bond donors (Lipinski definition) is 1. The number of ether oxygens (including phenoxy) is 3. The third-order valence-electron chi connectivity index (χ3n) is 4.27. The summed E-state index contributed by atoms with van der Waals surface area (Å²) in [4.78, 5) is 12.0. The van der Waals surface area contributed by atoms with E-state index in [4.69, 9.17) is 14.2 Å². The minimum atomic E-state index is -0.149. The Morgan fingerprint density at radius 3 is 2.44 bits per heavy atom. The summed E-state index contributed by atoms with van der Waals surface area (Å²) in [5.41, 5.74) is 1.06. The maximum atomic E-state index is 12.0. The molecule has 1 amide bonds. The van der Waals surface area contributed by atoms with Gasteiger partial charge in [-0.2, -0.15) is 0 Å². The Bertz CT molecular complexity index is 923. The average Bonchev–Trinajstić information content (AvgIpc) is 2.72. The molecule has 1 N–H and O–H groups in total. The van der Waals surface area contributed by atoms with Gasteiger partial charge in [0.25, 0.3) is 5.91 Å². The van der Waals surface area contributed by atoms with Crippen molar-refractivity contribution in [1.82, 2.24) is 5.32 Å². The number of carbonyl (C=O) groups is 1. The molecule has 0 spiro atoms. The second-order valence-electron chi connectivity index (χ2n) is 6.09. The van der Waals surface area contributed by atoms with Gasteiger partial charge in [-0.05, 0) is 47.0 Å². The Balaban J connectivity index is 1.46. The maximum Gasteiger partial charge on any atom is 0.257 e. The highest BCUT2D eigenvalue weighted by atomic mass is 16.5. The zero-order chi connectivity index (χ0) is 19.1. The van der Waals surface area contributed by atoms with Crippen LogP contribution in [0.5, 0.6) is 17.2 Å². The summed E-state index contributed by atoms with van der Waals surface area (Å²) < 4.78 is 16.1. The first-order valence-corrected chi connectivity index (χ1v) is 8.79. The van der Waals surface area contributed by atoms with Crippen molar-refractivity contribution in [1.29, 1.82) is 0 Å². The minimum Gasteiger partial charge on any atom is -0.493 e. The highest BCUT2D eigenvalue weighted by Crippen LogP contribution is 2.27. The molecule has 0 saturated carbocycles. The summed E-state index contributed by atoms with van der Waals surface area (Å²) in [5, 5.41) is 5.10. The van der Waals surface area contributed by atoms with Crippen LogP contribution in [0.25, 0.3) is 10.8 Å². The first-order valence-electron chi connectivity index (χ1n) is 8.79. The molecule has 0 saturated heterocycles. The number of carbonyl (C=O) groups excluding carboxylic acids is 1. The molecular formula is C22H23NO4. The minimum absolute atomic E-state index is 0.00965. The van der Waals surface area contributed by atoms with Crippen molar-refractivity contribution in [2.75, 3.05) is 27.4 Å². The van der Waals surface area contributed by atoms with Crippen LogP contribution in [0, 0.1) is 0 Å². The van der Waals surface area contributed by atoms with Gasteiger partial charge in [0, 0.05) is 6.54 Å². The zero-order valence-corrected chi connectivity index (χ0v) is 15.5. The number of hydrogen-bond acceptors (Lipinski definition) is 4. The van der Waals surface area contributed by atoms with Crippen LogP contribution in [0.3, 0.4) is 0 Å². The third-order valence-corrected chi connectivity index (χ3v) is 4.27. The lowest BCUT2D eigenvalue weighted by atomic mass is 10.1. The van der Waals surface area contributed by atoms with Crippen molar-refractivity contribution in [2.45, 2.75) is 6.42 Å². The van der Waals surface area contributed by atoms with Gasteiger partial charge < -0.3 is 19.5 Å². The van der Waals surface area contributed by atoms with E-state index in [0.717, 1.165) is 16.3 Å². The van der Waals surface area contributed by atoms with Crippen molar-refractivity contribution in [3.63, 3.8) is 0 Å². The molecule has 27 heavy (non-hydrogen) atoms. The molecule has 5 heteroatoms. The van der Waals surface area contributed by atoms with E-state index in [2.05, 4.69) is 5.32 Å². The molecule has 5 nitrogen and oxygen atoms in total. The van der Waals surface area contributed by atoms with Crippen molar-refractivity contribution < 1.29 is 19.0 Å². The first-order chi connectivity index (χ1) is 13.2. The van der Waals surface area contributed by atoms with Gasteiger partial charge in [-0.1, -0.05) is 36.4 Å². The van der Waals surface area contributed by atoms with Crippen LogP contribution in [0.15, 0.2) is 60.7 Å². The predicted molar refractivity (Wildman–Crippen MR) is 106 cm³/mol. The van der Waals surface area contributed by atoms with Crippen LogP contribution in [0.2, 0.25) is 0 Å². The smallest absolute Gasteiger partial charge is 0.257 e. The zero-order valence-electron chi connectivity index (χ0n) is 15.5. The molecule has 0 aromatic heterocycles. The quantitative estimate of drug-likeness (QED) is 0.663. The number of rotatable bonds is 8. The summed E-state index contributed by atoms with van der Waals surface area (Å²) >= 11 is 0. The van der Waals surface area contributed by atoms with Gasteiger partial charge in [0.1, 0.15) is 5.75 Å². The number of nitrogens with one attached hydrogen (secondary N) is 1. The molecule has 0 bridgehead atoms. The van der Waals surface area contributed by atoms with Crippen LogP contribution in [0.1, 0.15) is 5.56 Å². The monoisotopic (exact) mass is 365 g/mol. The second kappa shape index (κ2) is 8.94. The normalized spacial score (nSPS) is 10.4. The van der Waals surface area contributed by atoms with Crippen LogP contribution >= 0.6 is 0 Å². The fourth-order valence-corrected chi connectivity index (χ4v) is 2.84. The average molecular weight is 365 g/mol. The maximum absolute atomic E-state index is 12.0. The summed E-state index contributed by atoms with van der Waals surface area (Å²) in [5.74, 6) is 1.91. The van der Waals surface area contributed by atoms with Crippen LogP contribution in [-0.4, -0.2) is 33.3 Å². The molecule has 0 fully saturated rings. The molecule has 0 unspecified atom stereocenters. The SMILES string of the molecule is COc1ccc(CCNC(=O)COc2ccc3ccccc3c2)cc1OC. The van der Waals surface area contributed by atoms with Gasteiger partial charge in [-0.3, -0.25) is 4.79 Å². The van der Waals surface area contributed by atoms with E-state index in [1.54, 1.807) is 14.2 Å². The molecule has 0 aliphatic carbocycles. The lowest BCUT2D eigenvalue weighted by Gasteiger charge is -2.10. The van der Waals surface area contributed by atoms with E-state index in [9.17, 15) is 4.79 Å². The summed E-state index contributed by atoms with van der Waals surface area (Å²) in [6.45, 7) is 0.514. The largest absolute Gasteiger partial charge is 0.493 e. The van der Waals surface area contributed by atoms with Gasteiger partial charge >= 0.3 is 0 Å².